The largest absolute Gasteiger partial charge is 0.338 e. The van der Waals surface area contributed by atoms with Crippen molar-refractivity contribution < 1.29 is 4.79 Å². The summed E-state index contributed by atoms with van der Waals surface area (Å²) in [5, 5.41) is 8.60. The molecule has 0 atom stereocenters. The number of rotatable bonds is 4. The van der Waals surface area contributed by atoms with Gasteiger partial charge in [0.2, 0.25) is 0 Å². The molecule has 0 spiro atoms. The highest BCUT2D eigenvalue weighted by Crippen LogP contribution is 2.10. The van der Waals surface area contributed by atoms with Crippen LogP contribution in [0.3, 0.4) is 0 Å². The van der Waals surface area contributed by atoms with Crippen molar-refractivity contribution in [2.75, 3.05) is 19.6 Å². The zero-order chi connectivity index (χ0) is 14.1. The van der Waals surface area contributed by atoms with Crippen molar-refractivity contribution in [2.45, 2.75) is 13.3 Å². The molecule has 1 aromatic rings. The van der Waals surface area contributed by atoms with E-state index in [1.807, 2.05) is 13.0 Å². The minimum absolute atomic E-state index is 0.138. The fourth-order valence-corrected chi connectivity index (χ4v) is 1.59. The number of pyridine rings is 1. The van der Waals surface area contributed by atoms with Crippen LogP contribution in [0.2, 0.25) is 0 Å². The Bertz CT molecular complexity index is 536. The van der Waals surface area contributed by atoms with Gasteiger partial charge in [0.1, 0.15) is 0 Å². The summed E-state index contributed by atoms with van der Waals surface area (Å²) in [6, 6.07) is 3.67. The predicted octanol–water partition coefficient (Wildman–Crippen LogP) is 0.768. The van der Waals surface area contributed by atoms with Crippen molar-refractivity contribution >= 4 is 5.91 Å². The first kappa shape index (κ1) is 14.7. The van der Waals surface area contributed by atoms with E-state index >= 15 is 0 Å². The van der Waals surface area contributed by atoms with Crippen LogP contribution in [0.1, 0.15) is 29.3 Å². The molecule has 0 aliphatic carbocycles. The minimum Gasteiger partial charge on any atom is -0.338 e. The fourth-order valence-electron chi connectivity index (χ4n) is 1.59. The first-order valence-electron chi connectivity index (χ1n) is 6.03. The fraction of sp³-hybridized carbons (Fsp3) is 0.357. The van der Waals surface area contributed by atoms with Gasteiger partial charge in [0, 0.05) is 25.5 Å². The maximum absolute atomic E-state index is 12.4. The minimum atomic E-state index is -0.138. The molecule has 1 amide bonds. The average molecular weight is 256 g/mol. The van der Waals surface area contributed by atoms with Crippen LogP contribution >= 0.6 is 0 Å². The summed E-state index contributed by atoms with van der Waals surface area (Å²) in [6.45, 7) is 3.07. The normalized spacial score (nSPS) is 9.11. The summed E-state index contributed by atoms with van der Waals surface area (Å²) in [7, 11) is 0. The van der Waals surface area contributed by atoms with Gasteiger partial charge in [-0.2, -0.15) is 5.26 Å². The molecule has 2 N–H and O–H groups in total. The molecule has 5 heteroatoms. The number of nitriles is 1. The van der Waals surface area contributed by atoms with E-state index in [-0.39, 0.29) is 12.5 Å². The van der Waals surface area contributed by atoms with Gasteiger partial charge in [-0.3, -0.25) is 9.78 Å². The van der Waals surface area contributed by atoms with E-state index in [4.69, 9.17) is 11.0 Å². The Morgan fingerprint density at radius 1 is 1.58 bits per heavy atom. The van der Waals surface area contributed by atoms with Crippen LogP contribution < -0.4 is 5.73 Å². The standard InChI is InChI=1S/C14H16N4O/c1-2-18(10-4-8-16)14(19)13-6-9-17-11-12(13)5-3-7-15/h6,9,11H,2,4,7,10,15H2,1H3. The zero-order valence-electron chi connectivity index (χ0n) is 10.9. The van der Waals surface area contributed by atoms with E-state index < -0.39 is 0 Å². The lowest BCUT2D eigenvalue weighted by Gasteiger charge is -2.20. The SMILES string of the molecule is CCN(CCC#N)C(=O)c1ccncc1C#CCN. The number of carbonyl (C=O) groups excluding carboxylic acids is 1. The monoisotopic (exact) mass is 256 g/mol. The second-order valence-corrected chi connectivity index (χ2v) is 3.72. The first-order valence-corrected chi connectivity index (χ1v) is 6.03. The molecule has 0 aliphatic heterocycles. The number of nitrogens with zero attached hydrogens (tertiary/aromatic N) is 3. The molecule has 0 saturated carbocycles. The molecule has 0 aromatic carbocycles. The maximum atomic E-state index is 12.4. The van der Waals surface area contributed by atoms with Crippen molar-refractivity contribution in [3.63, 3.8) is 0 Å². The van der Waals surface area contributed by atoms with Gasteiger partial charge in [0.05, 0.1) is 30.2 Å². The molecule has 0 fully saturated rings. The predicted molar refractivity (Wildman–Crippen MR) is 72.0 cm³/mol. The zero-order valence-corrected chi connectivity index (χ0v) is 10.9. The lowest BCUT2D eigenvalue weighted by molar-refractivity contribution is 0.0767. The lowest BCUT2D eigenvalue weighted by Crippen LogP contribution is -2.32. The number of hydrogen-bond acceptors (Lipinski definition) is 4. The van der Waals surface area contributed by atoms with E-state index in [0.29, 0.717) is 30.6 Å². The van der Waals surface area contributed by atoms with Crippen molar-refractivity contribution in [1.29, 1.82) is 5.26 Å². The quantitative estimate of drug-likeness (QED) is 0.806. The number of carbonyl (C=O) groups is 1. The van der Waals surface area contributed by atoms with E-state index in [1.165, 1.54) is 0 Å². The molecule has 0 saturated heterocycles. The molecule has 0 radical (unpaired) electrons. The number of amides is 1. The van der Waals surface area contributed by atoms with Crippen LogP contribution in [0.25, 0.3) is 0 Å². The Balaban J connectivity index is 3.01. The van der Waals surface area contributed by atoms with E-state index in [2.05, 4.69) is 16.8 Å². The molecule has 1 heterocycles. The molecular formula is C14H16N4O. The van der Waals surface area contributed by atoms with Gasteiger partial charge in [-0.1, -0.05) is 11.8 Å². The van der Waals surface area contributed by atoms with E-state index in [1.54, 1.807) is 23.4 Å². The maximum Gasteiger partial charge on any atom is 0.255 e. The number of aromatic nitrogens is 1. The van der Waals surface area contributed by atoms with Gasteiger partial charge < -0.3 is 10.6 Å². The molecule has 19 heavy (non-hydrogen) atoms. The summed E-state index contributed by atoms with van der Waals surface area (Å²) in [5.41, 5.74) is 6.39. The van der Waals surface area contributed by atoms with Crippen LogP contribution in [-0.4, -0.2) is 35.4 Å². The van der Waals surface area contributed by atoms with Crippen molar-refractivity contribution in [3.8, 4) is 17.9 Å². The molecule has 5 nitrogen and oxygen atoms in total. The van der Waals surface area contributed by atoms with Gasteiger partial charge in [-0.25, -0.2) is 0 Å². The van der Waals surface area contributed by atoms with Gasteiger partial charge >= 0.3 is 0 Å². The van der Waals surface area contributed by atoms with Crippen molar-refractivity contribution in [2.24, 2.45) is 5.73 Å². The van der Waals surface area contributed by atoms with Gasteiger partial charge in [-0.15, -0.1) is 0 Å². The second kappa shape index (κ2) is 7.86. The topological polar surface area (TPSA) is 83.0 Å². The van der Waals surface area contributed by atoms with Gasteiger partial charge in [0.25, 0.3) is 5.91 Å². The molecule has 1 aromatic heterocycles. The first-order chi connectivity index (χ1) is 9.24. The summed E-state index contributed by atoms with van der Waals surface area (Å²) in [5.74, 6) is 5.42. The van der Waals surface area contributed by atoms with E-state index in [9.17, 15) is 4.79 Å². The highest BCUT2D eigenvalue weighted by molar-refractivity contribution is 5.96. The molecule has 1 rings (SSSR count). The third-order valence-corrected chi connectivity index (χ3v) is 2.54. The Kier molecular flexibility index (Phi) is 6.08. The Morgan fingerprint density at radius 3 is 3.00 bits per heavy atom. The Hall–Kier alpha value is -2.37. The lowest BCUT2D eigenvalue weighted by atomic mass is 10.1. The molecular weight excluding hydrogens is 240 g/mol. The molecule has 98 valence electrons. The Morgan fingerprint density at radius 2 is 2.37 bits per heavy atom. The Labute approximate surface area is 113 Å². The number of nitrogens with two attached hydrogens (primary N) is 1. The summed E-state index contributed by atoms with van der Waals surface area (Å²) >= 11 is 0. The average Bonchev–Trinajstić information content (AvgIpc) is 2.46. The van der Waals surface area contributed by atoms with Gasteiger partial charge in [-0.05, 0) is 13.0 Å². The van der Waals surface area contributed by atoms with Crippen LogP contribution in [0.4, 0.5) is 0 Å². The highest BCUT2D eigenvalue weighted by atomic mass is 16.2. The van der Waals surface area contributed by atoms with Crippen LogP contribution in [0.5, 0.6) is 0 Å². The molecule has 0 unspecified atom stereocenters. The van der Waals surface area contributed by atoms with Crippen molar-refractivity contribution in [3.05, 3.63) is 29.6 Å². The summed E-state index contributed by atoms with van der Waals surface area (Å²) in [6.07, 6.45) is 3.42. The van der Waals surface area contributed by atoms with E-state index in [0.717, 1.165) is 0 Å². The van der Waals surface area contributed by atoms with Crippen LogP contribution in [0.15, 0.2) is 18.5 Å². The third kappa shape index (κ3) is 4.09. The molecule has 0 aliphatic rings. The van der Waals surface area contributed by atoms with Crippen molar-refractivity contribution in [1.82, 2.24) is 9.88 Å². The van der Waals surface area contributed by atoms with Gasteiger partial charge in [0.15, 0.2) is 0 Å². The summed E-state index contributed by atoms with van der Waals surface area (Å²) in [4.78, 5) is 17.9. The highest BCUT2D eigenvalue weighted by Gasteiger charge is 2.16. The number of hydrogen-bond donors (Lipinski definition) is 1. The van der Waals surface area contributed by atoms with Crippen LogP contribution in [0, 0.1) is 23.2 Å². The smallest absolute Gasteiger partial charge is 0.255 e. The third-order valence-electron chi connectivity index (χ3n) is 2.54. The molecule has 0 bridgehead atoms. The van der Waals surface area contributed by atoms with Crippen LogP contribution in [-0.2, 0) is 0 Å². The second-order valence-electron chi connectivity index (χ2n) is 3.72. The summed E-state index contributed by atoms with van der Waals surface area (Å²) < 4.78 is 0.